The Morgan fingerprint density at radius 1 is 0.789 bits per heavy atom. The lowest BCUT2D eigenvalue weighted by molar-refractivity contribution is -0.145. The highest BCUT2D eigenvalue weighted by Crippen LogP contribution is 2.32. The highest BCUT2D eigenvalue weighted by Gasteiger charge is 2.36. The first kappa shape index (κ1) is 33.9. The van der Waals surface area contributed by atoms with E-state index in [1.54, 1.807) is 0 Å². The molecule has 1 unspecified atom stereocenters. The second-order valence-electron chi connectivity index (χ2n) is 10.2. The molecule has 0 aliphatic rings. The number of amides is 1. The van der Waals surface area contributed by atoms with Gasteiger partial charge in [0.25, 0.3) is 5.91 Å². The Balaban J connectivity index is 2.04. The van der Waals surface area contributed by atoms with E-state index in [9.17, 15) is 27.2 Å². The van der Waals surface area contributed by atoms with Crippen LogP contribution in [0.2, 0.25) is 0 Å². The van der Waals surface area contributed by atoms with Crippen molar-refractivity contribution in [2.24, 2.45) is 0 Å². The summed E-state index contributed by atoms with van der Waals surface area (Å²) in [6.07, 6.45) is 16.3. The van der Waals surface area contributed by atoms with Crippen molar-refractivity contribution < 1.29 is 31.9 Å². The number of hydrogen-bond donors (Lipinski definition) is 1. The molecule has 0 radical (unpaired) electrons. The first-order chi connectivity index (χ1) is 18.2. The summed E-state index contributed by atoms with van der Waals surface area (Å²) in [5.74, 6) is -3.47. The molecule has 0 aromatic heterocycles. The lowest BCUT2D eigenvalue weighted by Crippen LogP contribution is -2.40. The van der Waals surface area contributed by atoms with E-state index in [4.69, 9.17) is 4.74 Å². The van der Waals surface area contributed by atoms with Crippen molar-refractivity contribution in [2.75, 3.05) is 6.61 Å². The maximum absolute atomic E-state index is 14.1. The molecule has 38 heavy (non-hydrogen) atoms. The number of halogens is 4. The Bertz CT molecular complexity index is 798. The number of benzene rings is 1. The quantitative estimate of drug-likeness (QED) is 0.0952. The number of carbonyl (C=O) groups excluding carboxylic acids is 2. The minimum atomic E-state index is -4.92. The molecular weight excluding hydrogens is 498 g/mol. The van der Waals surface area contributed by atoms with Crippen LogP contribution in [-0.2, 0) is 15.7 Å². The summed E-state index contributed by atoms with van der Waals surface area (Å²) in [4.78, 5) is 24.3. The Labute approximate surface area is 226 Å². The van der Waals surface area contributed by atoms with Crippen LogP contribution in [0.5, 0.6) is 0 Å². The van der Waals surface area contributed by atoms with E-state index >= 15 is 0 Å². The third kappa shape index (κ3) is 14.7. The van der Waals surface area contributed by atoms with Crippen LogP contribution in [0.3, 0.4) is 0 Å². The fourth-order valence-electron chi connectivity index (χ4n) is 4.38. The van der Waals surface area contributed by atoms with Crippen LogP contribution in [0, 0.1) is 5.82 Å². The molecule has 4 nitrogen and oxygen atoms in total. The predicted molar refractivity (Wildman–Crippen MR) is 143 cm³/mol. The summed E-state index contributed by atoms with van der Waals surface area (Å²) in [6.45, 7) is 3.80. The number of carbonyl (C=O) groups is 2. The smallest absolute Gasteiger partial charge is 0.419 e. The molecule has 1 amide bonds. The molecule has 1 aromatic rings. The number of rotatable bonds is 21. The molecule has 1 N–H and O–H groups in total. The van der Waals surface area contributed by atoms with Crippen molar-refractivity contribution in [3.05, 3.63) is 35.1 Å². The summed E-state index contributed by atoms with van der Waals surface area (Å²) in [7, 11) is 0. The molecule has 0 saturated carbocycles. The van der Waals surface area contributed by atoms with E-state index in [1.165, 1.54) is 90.4 Å². The van der Waals surface area contributed by atoms with E-state index < -0.39 is 41.0 Å². The summed E-state index contributed by atoms with van der Waals surface area (Å²) >= 11 is 0. The van der Waals surface area contributed by atoms with Crippen LogP contribution in [0.25, 0.3) is 0 Å². The Kier molecular flexibility index (Phi) is 17.7. The van der Waals surface area contributed by atoms with Crippen molar-refractivity contribution in [3.63, 3.8) is 0 Å². The van der Waals surface area contributed by atoms with E-state index in [1.807, 2.05) is 0 Å². The van der Waals surface area contributed by atoms with Crippen LogP contribution in [0.4, 0.5) is 17.6 Å². The summed E-state index contributed by atoms with van der Waals surface area (Å²) < 4.78 is 57.8. The molecule has 1 atom stereocenters. The van der Waals surface area contributed by atoms with Crippen molar-refractivity contribution in [2.45, 2.75) is 135 Å². The van der Waals surface area contributed by atoms with Gasteiger partial charge in [-0.25, -0.2) is 9.18 Å². The van der Waals surface area contributed by atoms with Gasteiger partial charge in [0.05, 0.1) is 17.7 Å². The van der Waals surface area contributed by atoms with E-state index in [-0.39, 0.29) is 6.61 Å². The van der Waals surface area contributed by atoms with Crippen LogP contribution < -0.4 is 5.32 Å². The first-order valence-electron chi connectivity index (χ1n) is 14.5. The molecular formula is C30H47F4NO3. The van der Waals surface area contributed by atoms with Gasteiger partial charge in [-0.3, -0.25) is 4.79 Å². The van der Waals surface area contributed by atoms with Gasteiger partial charge in [-0.2, -0.15) is 13.2 Å². The van der Waals surface area contributed by atoms with Crippen LogP contribution >= 0.6 is 0 Å². The highest BCUT2D eigenvalue weighted by molar-refractivity contribution is 5.97. The third-order valence-electron chi connectivity index (χ3n) is 6.74. The fourth-order valence-corrected chi connectivity index (χ4v) is 4.38. The lowest BCUT2D eigenvalue weighted by atomic mass is 10.0. The lowest BCUT2D eigenvalue weighted by Gasteiger charge is -2.15. The van der Waals surface area contributed by atoms with Gasteiger partial charge in [-0.1, -0.05) is 116 Å². The van der Waals surface area contributed by atoms with E-state index in [0.717, 1.165) is 31.4 Å². The topological polar surface area (TPSA) is 55.4 Å². The first-order valence-corrected chi connectivity index (χ1v) is 14.5. The zero-order chi connectivity index (χ0) is 28.2. The molecule has 0 fully saturated rings. The van der Waals surface area contributed by atoms with E-state index in [2.05, 4.69) is 12.2 Å². The Morgan fingerprint density at radius 2 is 1.24 bits per heavy atom. The molecule has 0 aliphatic carbocycles. The largest absolute Gasteiger partial charge is 0.464 e. The van der Waals surface area contributed by atoms with Crippen molar-refractivity contribution in [1.82, 2.24) is 5.32 Å². The summed E-state index contributed by atoms with van der Waals surface area (Å²) in [6, 6.07) is 1.34. The number of esters is 1. The number of nitrogens with one attached hydrogen (secondary N) is 1. The second kappa shape index (κ2) is 19.9. The molecule has 0 bridgehead atoms. The molecule has 218 valence electrons. The average molecular weight is 546 g/mol. The standard InChI is InChI=1S/C30H47F4NO3/c1-3-4-5-6-7-8-9-10-11-12-13-14-15-16-17-18-19-23-38-29(37)24(2)35-28(36)25-21-20-22-26(27(25)31)30(32,33)34/h20-22,24H,3-19,23H2,1-2H3,(H,35,36). The number of hydrogen-bond acceptors (Lipinski definition) is 3. The van der Waals surface area contributed by atoms with Crippen LogP contribution in [-0.4, -0.2) is 24.5 Å². The van der Waals surface area contributed by atoms with Gasteiger partial charge in [0.1, 0.15) is 11.9 Å². The predicted octanol–water partition coefficient (Wildman–Crippen LogP) is 9.16. The molecule has 0 aliphatic heterocycles. The maximum atomic E-state index is 14.1. The van der Waals surface area contributed by atoms with Gasteiger partial charge >= 0.3 is 12.1 Å². The minimum absolute atomic E-state index is 0.204. The van der Waals surface area contributed by atoms with Gasteiger partial charge in [0.15, 0.2) is 0 Å². The second-order valence-corrected chi connectivity index (χ2v) is 10.2. The van der Waals surface area contributed by atoms with Crippen LogP contribution in [0.1, 0.15) is 139 Å². The van der Waals surface area contributed by atoms with Crippen molar-refractivity contribution in [1.29, 1.82) is 0 Å². The van der Waals surface area contributed by atoms with Gasteiger partial charge < -0.3 is 10.1 Å². The zero-order valence-electron chi connectivity index (χ0n) is 23.3. The van der Waals surface area contributed by atoms with E-state index in [0.29, 0.717) is 12.5 Å². The Morgan fingerprint density at radius 3 is 1.68 bits per heavy atom. The van der Waals surface area contributed by atoms with Crippen LogP contribution in [0.15, 0.2) is 18.2 Å². The highest BCUT2D eigenvalue weighted by atomic mass is 19.4. The molecule has 1 aromatic carbocycles. The third-order valence-corrected chi connectivity index (χ3v) is 6.74. The number of alkyl halides is 3. The maximum Gasteiger partial charge on any atom is 0.419 e. The molecule has 0 saturated heterocycles. The van der Waals surface area contributed by atoms with Gasteiger partial charge in [-0.05, 0) is 25.5 Å². The molecule has 0 heterocycles. The van der Waals surface area contributed by atoms with Crippen molar-refractivity contribution in [3.8, 4) is 0 Å². The average Bonchev–Trinajstić information content (AvgIpc) is 2.87. The molecule has 0 spiro atoms. The summed E-state index contributed by atoms with van der Waals surface area (Å²) in [5.41, 5.74) is -2.30. The van der Waals surface area contributed by atoms with Gasteiger partial charge in [-0.15, -0.1) is 0 Å². The molecule has 8 heteroatoms. The minimum Gasteiger partial charge on any atom is -0.464 e. The SMILES string of the molecule is CCCCCCCCCCCCCCCCCCCOC(=O)C(C)NC(=O)c1cccc(C(F)(F)F)c1F. The number of unbranched alkanes of at least 4 members (excludes halogenated alkanes) is 16. The zero-order valence-corrected chi connectivity index (χ0v) is 23.3. The normalized spacial score (nSPS) is 12.4. The fraction of sp³-hybridized carbons (Fsp3) is 0.733. The number of ether oxygens (including phenoxy) is 1. The van der Waals surface area contributed by atoms with Gasteiger partial charge in [0.2, 0.25) is 0 Å². The molecule has 1 rings (SSSR count). The van der Waals surface area contributed by atoms with Gasteiger partial charge in [0, 0.05) is 0 Å². The monoisotopic (exact) mass is 545 g/mol. The summed E-state index contributed by atoms with van der Waals surface area (Å²) in [5, 5.41) is 2.20. The Hall–Kier alpha value is -2.12. The van der Waals surface area contributed by atoms with Crippen molar-refractivity contribution >= 4 is 11.9 Å².